The van der Waals surface area contributed by atoms with Crippen LogP contribution in [0.3, 0.4) is 0 Å². The van der Waals surface area contributed by atoms with Crippen molar-refractivity contribution in [1.82, 2.24) is 25.2 Å². The highest BCUT2D eigenvalue weighted by Crippen LogP contribution is 2.41. The molecule has 1 spiro atoms. The third-order valence-corrected chi connectivity index (χ3v) is 10.1. The van der Waals surface area contributed by atoms with Crippen molar-refractivity contribution in [3.05, 3.63) is 54.2 Å². The van der Waals surface area contributed by atoms with Crippen LogP contribution in [0.1, 0.15) is 51.4 Å². The van der Waals surface area contributed by atoms with E-state index in [-0.39, 0.29) is 34.2 Å². The van der Waals surface area contributed by atoms with Crippen molar-refractivity contribution < 1.29 is 18.3 Å². The number of benzene rings is 2. The number of hydrogen-bond acceptors (Lipinski definition) is 7. The quantitative estimate of drug-likeness (QED) is 0.316. The Bertz CT molecular complexity index is 1740. The van der Waals surface area contributed by atoms with Crippen LogP contribution in [0.25, 0.3) is 32.9 Å². The predicted octanol–water partition coefficient (Wildman–Crippen LogP) is 5.38. The fraction of sp³-hybridized carbons (Fsp3) is 0.455. The summed E-state index contributed by atoms with van der Waals surface area (Å²) in [5.74, 6) is -0.465. The van der Waals surface area contributed by atoms with Crippen LogP contribution in [0.15, 0.2) is 42.6 Å². The van der Waals surface area contributed by atoms with E-state index in [2.05, 4.69) is 25.1 Å². The summed E-state index contributed by atoms with van der Waals surface area (Å²) >= 11 is 0. The van der Waals surface area contributed by atoms with Gasteiger partial charge in [-0.15, -0.1) is 0 Å². The highest BCUT2D eigenvalue weighted by molar-refractivity contribution is 5.99. The molecule has 8 rings (SSSR count). The van der Waals surface area contributed by atoms with Crippen molar-refractivity contribution in [2.45, 2.75) is 62.4 Å². The van der Waals surface area contributed by atoms with Gasteiger partial charge in [0, 0.05) is 30.2 Å². The average molecular weight is 585 g/mol. The van der Waals surface area contributed by atoms with Gasteiger partial charge in [0.15, 0.2) is 5.82 Å². The number of amides is 1. The number of aromatic nitrogens is 3. The minimum absolute atomic E-state index is 0.0240. The first-order chi connectivity index (χ1) is 20.9. The summed E-state index contributed by atoms with van der Waals surface area (Å²) in [6.45, 7) is 3.87. The number of rotatable bonds is 5. The van der Waals surface area contributed by atoms with E-state index in [4.69, 9.17) is 9.72 Å². The number of β-lactam (4-membered cyclic amide) rings is 1. The Morgan fingerprint density at radius 1 is 0.953 bits per heavy atom. The molecule has 1 atom stereocenters. The summed E-state index contributed by atoms with van der Waals surface area (Å²) < 4.78 is 38.0. The molecule has 1 amide bonds. The van der Waals surface area contributed by atoms with Gasteiger partial charge < -0.3 is 15.0 Å². The summed E-state index contributed by atoms with van der Waals surface area (Å²) in [5, 5.41) is 4.58. The molecule has 0 radical (unpaired) electrons. The van der Waals surface area contributed by atoms with E-state index in [9.17, 15) is 4.79 Å². The number of ether oxygens (including phenoxy) is 1. The number of pyridine rings is 1. The maximum atomic E-state index is 16.6. The van der Waals surface area contributed by atoms with Gasteiger partial charge in [-0.25, -0.2) is 8.78 Å². The van der Waals surface area contributed by atoms with Gasteiger partial charge in [0.2, 0.25) is 5.91 Å². The van der Waals surface area contributed by atoms with Crippen LogP contribution in [0, 0.1) is 11.6 Å². The zero-order chi connectivity index (χ0) is 29.2. The van der Waals surface area contributed by atoms with Gasteiger partial charge in [-0.05, 0) is 69.5 Å². The first-order valence-corrected chi connectivity index (χ1v) is 15.4. The highest BCUT2D eigenvalue weighted by Gasteiger charge is 2.46. The maximum Gasteiger partial charge on any atom is 0.319 e. The second kappa shape index (κ2) is 10.1. The summed E-state index contributed by atoms with van der Waals surface area (Å²) in [4.78, 5) is 30.7. The van der Waals surface area contributed by atoms with Crippen molar-refractivity contribution in [1.29, 1.82) is 0 Å². The van der Waals surface area contributed by atoms with Crippen LogP contribution in [0.4, 0.5) is 14.6 Å². The minimum Gasteiger partial charge on any atom is -0.461 e. The topological polar surface area (TPSA) is 83.5 Å². The Morgan fingerprint density at radius 2 is 1.74 bits per heavy atom. The number of fused-ring (bicyclic) bond motifs is 3. The standard InChI is InChI=1S/C33H34F2N6O2/c34-24-10-4-8-21-7-3-9-22(26(21)24)28-27(35)29-23(18-36-28)30(40-14-2-1-11-32(19-40)17-25(42)39-32)38-31(37-29)43-20-33-12-5-15-41(33)16-6-13-33/h3-4,7-10,18H,1-2,5-6,11-17,19-20H2,(H,39,42). The van der Waals surface area contributed by atoms with Gasteiger partial charge in [-0.1, -0.05) is 30.3 Å². The Hall–Kier alpha value is -3.92. The van der Waals surface area contributed by atoms with Crippen LogP contribution in [0.2, 0.25) is 0 Å². The van der Waals surface area contributed by atoms with Crippen molar-refractivity contribution in [3.8, 4) is 17.3 Å². The fourth-order valence-electron chi connectivity index (χ4n) is 7.97. The zero-order valence-corrected chi connectivity index (χ0v) is 24.0. The van der Waals surface area contributed by atoms with Gasteiger partial charge in [0.25, 0.3) is 0 Å². The number of anilines is 1. The van der Waals surface area contributed by atoms with Gasteiger partial charge in [-0.2, -0.15) is 9.97 Å². The van der Waals surface area contributed by atoms with Gasteiger partial charge >= 0.3 is 6.01 Å². The monoisotopic (exact) mass is 584 g/mol. The van der Waals surface area contributed by atoms with E-state index in [1.165, 1.54) is 6.07 Å². The van der Waals surface area contributed by atoms with E-state index in [0.29, 0.717) is 53.7 Å². The number of hydrogen-bond donors (Lipinski definition) is 1. The molecule has 4 fully saturated rings. The molecule has 8 nitrogen and oxygen atoms in total. The lowest BCUT2D eigenvalue weighted by atomic mass is 9.83. The lowest BCUT2D eigenvalue weighted by molar-refractivity contribution is -0.132. The largest absolute Gasteiger partial charge is 0.461 e. The summed E-state index contributed by atoms with van der Waals surface area (Å²) in [7, 11) is 0. The number of nitrogens with one attached hydrogen (secondary N) is 1. The Kier molecular flexibility index (Phi) is 6.25. The van der Waals surface area contributed by atoms with Gasteiger partial charge in [0.1, 0.15) is 29.5 Å². The minimum atomic E-state index is -0.634. The molecule has 4 aliphatic heterocycles. The van der Waals surface area contributed by atoms with Crippen LogP contribution >= 0.6 is 0 Å². The molecule has 4 saturated heterocycles. The Morgan fingerprint density at radius 3 is 2.53 bits per heavy atom. The maximum absolute atomic E-state index is 16.6. The van der Waals surface area contributed by atoms with Gasteiger partial charge in [0.05, 0.1) is 22.9 Å². The molecule has 2 aromatic heterocycles. The van der Waals surface area contributed by atoms with E-state index in [1.54, 1.807) is 36.5 Å². The predicted molar refractivity (Wildman–Crippen MR) is 160 cm³/mol. The second-order valence-corrected chi connectivity index (χ2v) is 12.7. The molecule has 0 bridgehead atoms. The molecule has 1 unspecified atom stereocenters. The molecule has 1 N–H and O–H groups in total. The fourth-order valence-corrected chi connectivity index (χ4v) is 7.97. The first kappa shape index (κ1) is 26.7. The Balaban J connectivity index is 1.25. The van der Waals surface area contributed by atoms with E-state index in [1.807, 2.05) is 0 Å². The number of carbonyl (C=O) groups is 1. The highest BCUT2D eigenvalue weighted by atomic mass is 19.1. The van der Waals surface area contributed by atoms with Crippen LogP contribution in [-0.4, -0.2) is 69.6 Å². The third-order valence-electron chi connectivity index (χ3n) is 10.1. The number of nitrogens with zero attached hydrogens (tertiary/aromatic N) is 5. The first-order valence-electron chi connectivity index (χ1n) is 15.4. The van der Waals surface area contributed by atoms with Crippen molar-refractivity contribution in [2.24, 2.45) is 0 Å². The van der Waals surface area contributed by atoms with Crippen LogP contribution in [0.5, 0.6) is 6.01 Å². The van der Waals surface area contributed by atoms with Gasteiger partial charge in [-0.3, -0.25) is 14.7 Å². The lowest BCUT2D eigenvalue weighted by Crippen LogP contribution is -2.65. The number of carbonyl (C=O) groups excluding carboxylic acids is 1. The summed E-state index contributed by atoms with van der Waals surface area (Å²) in [6.07, 6.45) is 9.26. The normalized spacial score (nSPS) is 23.4. The Labute approximate surface area is 248 Å². The smallest absolute Gasteiger partial charge is 0.319 e. The van der Waals surface area contributed by atoms with E-state index < -0.39 is 11.6 Å². The molecule has 4 aliphatic rings. The number of halogens is 2. The van der Waals surface area contributed by atoms with Crippen molar-refractivity contribution in [2.75, 3.05) is 37.7 Å². The molecule has 43 heavy (non-hydrogen) atoms. The van der Waals surface area contributed by atoms with Crippen LogP contribution in [-0.2, 0) is 4.79 Å². The third kappa shape index (κ3) is 4.41. The summed E-state index contributed by atoms with van der Waals surface area (Å²) in [6, 6.07) is 10.2. The molecular formula is C33H34F2N6O2. The molecule has 222 valence electrons. The van der Waals surface area contributed by atoms with Crippen molar-refractivity contribution in [3.63, 3.8) is 0 Å². The van der Waals surface area contributed by atoms with Crippen LogP contribution < -0.4 is 15.0 Å². The molecule has 4 aromatic rings. The molecule has 10 heteroatoms. The van der Waals surface area contributed by atoms with E-state index >= 15 is 8.78 Å². The molecule has 0 saturated carbocycles. The average Bonchev–Trinajstić information content (AvgIpc) is 3.50. The molecular weight excluding hydrogens is 550 g/mol. The van der Waals surface area contributed by atoms with Crippen molar-refractivity contribution >= 4 is 33.4 Å². The molecule has 6 heterocycles. The zero-order valence-electron chi connectivity index (χ0n) is 24.0. The molecule has 2 aromatic carbocycles. The second-order valence-electron chi connectivity index (χ2n) is 12.7. The summed E-state index contributed by atoms with van der Waals surface area (Å²) in [5.41, 5.74) is 0.167. The SMILES string of the molecule is O=C1CC2(CCCCN(c3nc(OCC45CCCN4CCC5)nc4c(F)c(-c5cccc6cccc(F)c56)ncc34)C2)N1. The van der Waals surface area contributed by atoms with E-state index in [0.717, 1.165) is 58.0 Å². The lowest BCUT2D eigenvalue weighted by Gasteiger charge is -2.44. The molecule has 0 aliphatic carbocycles.